The van der Waals surface area contributed by atoms with Crippen LogP contribution in [0.3, 0.4) is 0 Å². The molecule has 0 aromatic heterocycles. The fourth-order valence-electron chi connectivity index (χ4n) is 7.43. The molecule has 2 atom stereocenters. The molecule has 0 saturated carbocycles. The summed E-state index contributed by atoms with van der Waals surface area (Å²) < 4.78 is 6.44. The van der Waals surface area contributed by atoms with Crippen molar-refractivity contribution in [2.75, 3.05) is 12.7 Å². The molecule has 0 radical (unpaired) electrons. The number of carbonyl (C=O) groups is 1. The van der Waals surface area contributed by atoms with Gasteiger partial charge in [-0.2, -0.15) is 0 Å². The topological polar surface area (TPSA) is 29.5 Å². The van der Waals surface area contributed by atoms with E-state index in [9.17, 15) is 0 Å². The van der Waals surface area contributed by atoms with Crippen LogP contribution in [-0.4, -0.2) is 40.2 Å². The second-order valence-corrected chi connectivity index (χ2v) is 21.5. The number of likely N-dealkylation sites (tertiary alicyclic amines) is 1. The molecule has 6 aromatic rings. The molecule has 1 saturated heterocycles. The molecule has 1 heterocycles. The number of nitrogens with zero attached hydrogens (tertiary/aromatic N) is 1. The molecule has 0 N–H and O–H groups in total. The molecule has 6 aromatic carbocycles. The predicted molar refractivity (Wildman–Crippen MR) is 226 cm³/mol. The maximum atomic E-state index is 15.1. The Kier molecular flexibility index (Phi) is 11.3. The van der Waals surface area contributed by atoms with Crippen molar-refractivity contribution >= 4 is 61.7 Å². The highest BCUT2D eigenvalue weighted by Gasteiger charge is 2.57. The minimum absolute atomic E-state index is 0.202. The summed E-state index contributed by atoms with van der Waals surface area (Å²) in [5, 5.41) is 7.30. The van der Waals surface area contributed by atoms with Gasteiger partial charge in [-0.15, -0.1) is 0 Å². The highest BCUT2D eigenvalue weighted by atomic mass is 31.1. The Bertz CT molecular complexity index is 1890. The van der Waals surface area contributed by atoms with Crippen molar-refractivity contribution in [3.05, 3.63) is 182 Å². The van der Waals surface area contributed by atoms with E-state index in [4.69, 9.17) is 4.74 Å². The molecule has 1 fully saturated rings. The van der Waals surface area contributed by atoms with Gasteiger partial charge >= 0.3 is 6.09 Å². The zero-order valence-electron chi connectivity index (χ0n) is 30.1. The van der Waals surface area contributed by atoms with Gasteiger partial charge in [-0.05, 0) is 82.8 Å². The van der Waals surface area contributed by atoms with E-state index in [1.54, 1.807) is 0 Å². The van der Waals surface area contributed by atoms with Gasteiger partial charge in [-0.1, -0.05) is 182 Å². The Morgan fingerprint density at radius 1 is 0.577 bits per heavy atom. The molecule has 262 valence electrons. The summed E-state index contributed by atoms with van der Waals surface area (Å²) in [4.78, 5) is 17.3. The lowest BCUT2D eigenvalue weighted by atomic mass is 10.2. The van der Waals surface area contributed by atoms with Crippen molar-refractivity contribution in [3.8, 4) is 0 Å². The van der Waals surface area contributed by atoms with Crippen LogP contribution in [0.2, 0.25) is 0 Å². The van der Waals surface area contributed by atoms with Crippen molar-refractivity contribution in [3.63, 3.8) is 0 Å². The molecule has 7 rings (SSSR count). The molecule has 0 aliphatic carbocycles. The Morgan fingerprint density at radius 2 is 0.923 bits per heavy atom. The van der Waals surface area contributed by atoms with E-state index in [0.717, 1.165) is 12.6 Å². The summed E-state index contributed by atoms with van der Waals surface area (Å²) in [5.41, 5.74) is -0.441. The number of hydrogen-bond donors (Lipinski definition) is 0. The first-order valence-corrected chi connectivity index (χ1v) is 22.3. The summed E-state index contributed by atoms with van der Waals surface area (Å²) in [6.07, 6.45) is 1.45. The van der Waals surface area contributed by atoms with Crippen LogP contribution in [0.25, 0.3) is 0 Å². The molecule has 1 amide bonds. The summed E-state index contributed by atoms with van der Waals surface area (Å²) in [6.45, 7) is 6.58. The number of carbonyl (C=O) groups excluding carboxylic acids is 1. The molecule has 3 nitrogen and oxygen atoms in total. The van der Waals surface area contributed by atoms with Gasteiger partial charge in [0.15, 0.2) is 0 Å². The second-order valence-electron chi connectivity index (χ2n) is 14.2. The number of rotatable bonds is 10. The van der Waals surface area contributed by atoms with Gasteiger partial charge in [0.2, 0.25) is 0 Å². The number of hydrogen-bond acceptors (Lipinski definition) is 2. The van der Waals surface area contributed by atoms with Gasteiger partial charge in [-0.3, -0.25) is 4.90 Å². The van der Waals surface area contributed by atoms with Gasteiger partial charge in [0.1, 0.15) is 5.60 Å². The Labute approximate surface area is 313 Å². The first-order valence-electron chi connectivity index (χ1n) is 18.0. The van der Waals surface area contributed by atoms with Gasteiger partial charge in [-0.25, -0.2) is 4.79 Å². The van der Waals surface area contributed by atoms with Crippen LogP contribution >= 0.6 is 23.8 Å². The Hall–Kier alpha value is -4.12. The first kappa shape index (κ1) is 36.2. The lowest BCUT2D eigenvalue weighted by molar-refractivity contribution is 0.0210. The standard InChI is InChI=1S/C46H46NO2P3/c1-45(2,3)49-44(48)47-35-43(51(39-26-14-6-15-27-39)40-28-16-7-17-29-40)34-46(47,52(41-30-18-8-19-31-41)42-32-20-9-21-33-42)36-50(37-22-10-4-11-23-37)38-24-12-5-13-25-38/h4-33,43H,34-36H2,1-3H3. The van der Waals surface area contributed by atoms with E-state index >= 15 is 4.79 Å². The lowest BCUT2D eigenvalue weighted by Gasteiger charge is -2.47. The van der Waals surface area contributed by atoms with E-state index in [-0.39, 0.29) is 11.8 Å². The summed E-state index contributed by atoms with van der Waals surface area (Å²) in [6, 6.07) is 65.9. The molecule has 1 aliphatic heterocycles. The maximum absolute atomic E-state index is 15.1. The number of ether oxygens (including phenoxy) is 1. The van der Waals surface area contributed by atoms with Crippen LogP contribution in [0.4, 0.5) is 4.79 Å². The van der Waals surface area contributed by atoms with Crippen molar-refractivity contribution in [2.24, 2.45) is 0 Å². The van der Waals surface area contributed by atoms with Crippen LogP contribution in [0, 0.1) is 0 Å². The molecule has 0 bridgehead atoms. The third kappa shape index (κ3) is 8.09. The second kappa shape index (κ2) is 16.3. The number of benzene rings is 6. The quantitative estimate of drug-likeness (QED) is 0.131. The van der Waals surface area contributed by atoms with E-state index < -0.39 is 34.6 Å². The minimum Gasteiger partial charge on any atom is -0.444 e. The maximum Gasteiger partial charge on any atom is 0.411 e. The van der Waals surface area contributed by atoms with E-state index in [1.165, 1.54) is 31.8 Å². The zero-order chi connectivity index (χ0) is 36.0. The monoisotopic (exact) mass is 737 g/mol. The molecule has 6 heteroatoms. The zero-order valence-corrected chi connectivity index (χ0v) is 32.8. The normalized spacial score (nSPS) is 17.5. The van der Waals surface area contributed by atoms with Crippen LogP contribution < -0.4 is 31.8 Å². The van der Waals surface area contributed by atoms with Gasteiger partial charge in [0.05, 0.1) is 5.28 Å². The first-order chi connectivity index (χ1) is 25.3. The smallest absolute Gasteiger partial charge is 0.411 e. The van der Waals surface area contributed by atoms with E-state index in [2.05, 4.69) is 187 Å². The van der Waals surface area contributed by atoms with E-state index in [0.29, 0.717) is 6.54 Å². The van der Waals surface area contributed by atoms with Gasteiger partial charge in [0, 0.05) is 18.4 Å². The van der Waals surface area contributed by atoms with Gasteiger partial charge < -0.3 is 4.74 Å². The van der Waals surface area contributed by atoms with Crippen molar-refractivity contribution in [2.45, 2.75) is 43.7 Å². The molecular weight excluding hydrogens is 691 g/mol. The Morgan fingerprint density at radius 3 is 1.29 bits per heavy atom. The highest BCUT2D eigenvalue weighted by molar-refractivity contribution is 7.78. The van der Waals surface area contributed by atoms with Crippen LogP contribution in [0.1, 0.15) is 27.2 Å². The molecule has 2 unspecified atom stereocenters. The van der Waals surface area contributed by atoms with E-state index in [1.807, 2.05) is 20.8 Å². The molecule has 0 spiro atoms. The average Bonchev–Trinajstić information content (AvgIpc) is 3.55. The third-order valence-electron chi connectivity index (χ3n) is 9.50. The lowest BCUT2D eigenvalue weighted by Crippen LogP contribution is -2.53. The van der Waals surface area contributed by atoms with Crippen molar-refractivity contribution < 1.29 is 9.53 Å². The third-order valence-corrected chi connectivity index (χ3v) is 18.3. The Balaban J connectivity index is 1.50. The van der Waals surface area contributed by atoms with Crippen molar-refractivity contribution in [1.82, 2.24) is 4.90 Å². The van der Waals surface area contributed by atoms with Gasteiger partial charge in [0.25, 0.3) is 0 Å². The average molecular weight is 738 g/mol. The SMILES string of the molecule is CC(C)(C)OC(=O)N1CC(P(c2ccccc2)c2ccccc2)CC1(CP(c1ccccc1)c1ccccc1)P(c1ccccc1)c1ccccc1. The summed E-state index contributed by atoms with van der Waals surface area (Å²) >= 11 is 0. The van der Waals surface area contributed by atoms with Crippen LogP contribution in [0.5, 0.6) is 0 Å². The summed E-state index contributed by atoms with van der Waals surface area (Å²) in [5.74, 6) is 0. The molecule has 52 heavy (non-hydrogen) atoms. The van der Waals surface area contributed by atoms with Crippen LogP contribution in [-0.2, 0) is 4.74 Å². The summed E-state index contributed by atoms with van der Waals surface area (Å²) in [7, 11) is -2.80. The molecular formula is C46H46NO2P3. The fraction of sp³-hybridized carbons (Fsp3) is 0.196. The number of amides is 1. The predicted octanol–water partition coefficient (Wildman–Crippen LogP) is 9.09. The largest absolute Gasteiger partial charge is 0.444 e. The highest BCUT2D eigenvalue weighted by Crippen LogP contribution is 2.63. The fourth-order valence-corrected chi connectivity index (χ4v) is 17.0. The minimum atomic E-state index is -1.10. The van der Waals surface area contributed by atoms with Crippen molar-refractivity contribution in [1.29, 1.82) is 0 Å². The molecule has 1 aliphatic rings. The van der Waals surface area contributed by atoms with Crippen LogP contribution in [0.15, 0.2) is 182 Å².